The molecular weight excluding hydrogens is 1010 g/mol. The first-order valence-corrected chi connectivity index (χ1v) is 28.0. The van der Waals surface area contributed by atoms with Crippen molar-refractivity contribution in [2.75, 3.05) is 170 Å². The van der Waals surface area contributed by atoms with Crippen LogP contribution in [-0.4, -0.2) is 248 Å². The van der Waals surface area contributed by atoms with Crippen molar-refractivity contribution in [1.82, 2.24) is 71.9 Å². The maximum Gasteiger partial charge on any atom is 0.312 e. The number of unbranched alkanes of at least 4 members (excludes halogenated alkanes) is 1. The summed E-state index contributed by atoms with van der Waals surface area (Å²) in [7, 11) is 0. The van der Waals surface area contributed by atoms with Crippen molar-refractivity contribution in [3.63, 3.8) is 0 Å². The van der Waals surface area contributed by atoms with Gasteiger partial charge in [-0.2, -0.15) is 0 Å². The number of amides is 16. The van der Waals surface area contributed by atoms with Crippen LogP contribution >= 0.6 is 0 Å². The van der Waals surface area contributed by atoms with E-state index in [1.54, 1.807) is 0 Å². The molecule has 0 saturated carbocycles. The molecule has 0 rings (SSSR count). The summed E-state index contributed by atoms with van der Waals surface area (Å²) in [6.07, 6.45) is 11.2. The molecule has 30 nitrogen and oxygen atoms in total. The first-order valence-electron chi connectivity index (χ1n) is 28.0. The van der Waals surface area contributed by atoms with Crippen LogP contribution in [0.1, 0.15) is 89.9 Å². The van der Waals surface area contributed by atoms with Crippen molar-refractivity contribution in [2.45, 2.75) is 89.9 Å². The Morgan fingerprint density at radius 2 is 0.282 bits per heavy atom. The first-order chi connectivity index (χ1) is 37.4. The fourth-order valence-electron chi connectivity index (χ4n) is 8.87. The molecule has 0 unspecified atom stereocenters. The highest BCUT2D eigenvalue weighted by Gasteiger charge is 2.15. The number of rotatable bonds is 53. The Morgan fingerprint density at radius 1 is 0.179 bits per heavy atom. The largest absolute Gasteiger partial charge is 0.352 e. The molecule has 0 fully saturated rings. The smallest absolute Gasteiger partial charge is 0.312 e. The molecule has 454 valence electrons. The van der Waals surface area contributed by atoms with Gasteiger partial charge in [0.1, 0.15) is 0 Å². The molecule has 30 heteroatoms. The molecule has 0 atom stereocenters. The monoisotopic (exact) mass is 1120 g/mol. The van der Waals surface area contributed by atoms with Gasteiger partial charge in [0, 0.05) is 52.4 Å². The molecule has 0 saturated heterocycles. The molecule has 16 amide bonds. The minimum Gasteiger partial charge on any atom is -0.352 e. The highest BCUT2D eigenvalue weighted by molar-refractivity contribution is 5.73. The summed E-state index contributed by atoms with van der Waals surface area (Å²) < 4.78 is 0. The van der Waals surface area contributed by atoms with E-state index in [1.165, 1.54) is 0 Å². The summed E-state index contributed by atoms with van der Waals surface area (Å²) >= 11 is 0. The lowest BCUT2D eigenvalue weighted by molar-refractivity contribution is 0.189. The van der Waals surface area contributed by atoms with Gasteiger partial charge in [0.25, 0.3) is 0 Å². The number of nitrogens with two attached hydrogens (primary N) is 8. The molecule has 24 N–H and O–H groups in total. The zero-order valence-corrected chi connectivity index (χ0v) is 46.9. The topological polar surface area (TPSA) is 460 Å². The van der Waals surface area contributed by atoms with Crippen molar-refractivity contribution in [1.29, 1.82) is 0 Å². The van der Waals surface area contributed by atoms with Crippen LogP contribution in [0.3, 0.4) is 0 Å². The van der Waals surface area contributed by atoms with E-state index >= 15 is 0 Å². The van der Waals surface area contributed by atoms with Crippen LogP contribution in [0.15, 0.2) is 0 Å². The Balaban J connectivity index is 6.28. The maximum absolute atomic E-state index is 11.3. The average molecular weight is 1120 g/mol. The quantitative estimate of drug-likeness (QED) is 0.0283. The van der Waals surface area contributed by atoms with Crippen LogP contribution in [0.4, 0.5) is 38.4 Å². The summed E-state index contributed by atoms with van der Waals surface area (Å²) in [6, 6.07) is -4.52. The van der Waals surface area contributed by atoms with Gasteiger partial charge >= 0.3 is 48.2 Å². The molecule has 0 aromatic rings. The second-order valence-electron chi connectivity index (χ2n) is 19.3. The van der Waals surface area contributed by atoms with E-state index < -0.39 is 48.2 Å². The van der Waals surface area contributed by atoms with Crippen molar-refractivity contribution in [2.24, 2.45) is 45.9 Å². The molecule has 0 heterocycles. The minimum absolute atomic E-state index is 0.456. The van der Waals surface area contributed by atoms with Gasteiger partial charge in [-0.1, -0.05) is 0 Å². The molecule has 78 heavy (non-hydrogen) atoms. The van der Waals surface area contributed by atoms with Gasteiger partial charge in [0.2, 0.25) is 0 Å². The van der Waals surface area contributed by atoms with E-state index in [0.717, 1.165) is 156 Å². The summed E-state index contributed by atoms with van der Waals surface area (Å²) in [5.74, 6) is 0. The lowest BCUT2D eigenvalue weighted by atomic mass is 10.2. The Labute approximate surface area is 463 Å². The third-order valence-corrected chi connectivity index (χ3v) is 12.6. The zero-order chi connectivity index (χ0) is 58.0. The second-order valence-corrected chi connectivity index (χ2v) is 19.3. The van der Waals surface area contributed by atoms with Crippen LogP contribution in [0.25, 0.3) is 0 Å². The van der Waals surface area contributed by atoms with Gasteiger partial charge < -0.3 is 118 Å². The molecule has 0 aromatic heterocycles. The fraction of sp³-hybridized carbons (Fsp3) is 0.833. The number of hydrogen-bond donors (Lipinski definition) is 16. The summed E-state index contributed by atoms with van der Waals surface area (Å²) in [4.78, 5) is 105. The number of nitrogens with one attached hydrogen (secondary N) is 8. The molecule has 0 bridgehead atoms. The van der Waals surface area contributed by atoms with E-state index in [2.05, 4.69) is 71.9 Å². The van der Waals surface area contributed by atoms with Gasteiger partial charge in [-0.3, -0.25) is 0 Å². The van der Waals surface area contributed by atoms with Gasteiger partial charge in [-0.25, -0.2) is 38.4 Å². The third kappa shape index (κ3) is 50.7. The summed E-state index contributed by atoms with van der Waals surface area (Å²) in [5.41, 5.74) is 42.4. The Bertz CT molecular complexity index is 1320. The number of nitrogens with zero attached hydrogens (tertiary/aromatic N) is 6. The summed E-state index contributed by atoms with van der Waals surface area (Å²) in [5, 5.41) is 21.3. The minimum atomic E-state index is -0.565. The van der Waals surface area contributed by atoms with Crippen LogP contribution in [0, 0.1) is 0 Å². The van der Waals surface area contributed by atoms with Gasteiger partial charge in [-0.15, -0.1) is 0 Å². The third-order valence-electron chi connectivity index (χ3n) is 12.6. The van der Waals surface area contributed by atoms with Crippen molar-refractivity contribution in [3.05, 3.63) is 0 Å². The molecular formula is C48H104N22O8. The molecule has 0 aromatic carbocycles. The predicted molar refractivity (Wildman–Crippen MR) is 304 cm³/mol. The first kappa shape index (κ1) is 71.9. The van der Waals surface area contributed by atoms with Crippen molar-refractivity contribution in [3.8, 4) is 0 Å². The van der Waals surface area contributed by atoms with E-state index in [9.17, 15) is 38.4 Å². The highest BCUT2D eigenvalue weighted by atomic mass is 16.2. The lowest BCUT2D eigenvalue weighted by Gasteiger charge is -2.29. The van der Waals surface area contributed by atoms with E-state index in [0.29, 0.717) is 104 Å². The fourth-order valence-corrected chi connectivity index (χ4v) is 8.87. The predicted octanol–water partition coefficient (Wildman–Crippen LogP) is -2.39. The zero-order valence-electron chi connectivity index (χ0n) is 46.9. The Morgan fingerprint density at radius 3 is 0.397 bits per heavy atom. The standard InChI is InChI=1S/C48H104N22O8/c49-41(71)57-15-3-25-67(26-4-16-58-42(50)72)37-11-33-65(34-12-38-68(27-5-17-59-43(51)73)28-6-18-60-44(52)74)23-1-2-24-66(35-13-39-69(29-7-19-61-45(53)75)30-8-20-62-46(54)76)36-14-40-70(31-9-21-63-47(55)77)32-10-22-64-48(56)78/h1-40H2,(H3,49,57,71)(H3,50,58,72)(H3,51,59,73)(H3,52,60,74)(H3,53,61,75)(H3,54,62,76)(H3,55,63,77)(H3,56,64,78). The number of carbonyl (C=O) groups excluding carboxylic acids is 8. The SMILES string of the molecule is NC(=O)NCCCN(CCCNC(N)=O)CCCN(CCCCN(CCCN(CCCNC(N)=O)CCCNC(N)=O)CCCN(CCCNC(N)=O)CCCNC(N)=O)CCCN(CCCNC(N)=O)CCCNC(N)=O. The number of primary amides is 8. The van der Waals surface area contributed by atoms with Crippen molar-refractivity contribution >= 4 is 48.2 Å². The number of urea groups is 8. The van der Waals surface area contributed by atoms with E-state index in [4.69, 9.17) is 45.9 Å². The molecule has 0 spiro atoms. The normalized spacial score (nSPS) is 11.3. The Kier molecular flexibility index (Phi) is 45.4. The molecule has 0 aliphatic rings. The lowest BCUT2D eigenvalue weighted by Crippen LogP contribution is -2.38. The Hall–Kier alpha value is -6.08. The van der Waals surface area contributed by atoms with Crippen LogP contribution in [0.2, 0.25) is 0 Å². The molecule has 0 radical (unpaired) electrons. The maximum atomic E-state index is 11.3. The van der Waals surface area contributed by atoms with Gasteiger partial charge in [0.15, 0.2) is 0 Å². The van der Waals surface area contributed by atoms with Crippen LogP contribution in [-0.2, 0) is 0 Å². The highest BCUT2D eigenvalue weighted by Crippen LogP contribution is 2.08. The summed E-state index contributed by atoms with van der Waals surface area (Å²) in [6.45, 7) is 18.0. The second kappa shape index (κ2) is 49.2. The van der Waals surface area contributed by atoms with Gasteiger partial charge in [-0.05, 0) is 208 Å². The van der Waals surface area contributed by atoms with E-state index in [-0.39, 0.29) is 0 Å². The average Bonchev–Trinajstić information content (AvgIpc) is 3.36. The molecule has 0 aliphatic heterocycles. The number of hydrogen-bond acceptors (Lipinski definition) is 14. The number of carbonyl (C=O) groups is 8. The molecule has 0 aliphatic carbocycles. The van der Waals surface area contributed by atoms with E-state index in [1.807, 2.05) is 0 Å². The van der Waals surface area contributed by atoms with Gasteiger partial charge in [0.05, 0.1) is 0 Å². The van der Waals surface area contributed by atoms with Crippen molar-refractivity contribution < 1.29 is 38.4 Å². The van der Waals surface area contributed by atoms with Crippen LogP contribution < -0.4 is 88.4 Å². The van der Waals surface area contributed by atoms with Crippen LogP contribution in [0.5, 0.6) is 0 Å².